The van der Waals surface area contributed by atoms with Crippen LogP contribution in [0.4, 0.5) is 5.69 Å². The molecule has 0 atom stereocenters. The third-order valence-electron chi connectivity index (χ3n) is 4.71. The quantitative estimate of drug-likeness (QED) is 0.649. The molecule has 0 saturated carbocycles. The molecule has 0 radical (unpaired) electrons. The summed E-state index contributed by atoms with van der Waals surface area (Å²) in [6, 6.07) is 13.6. The first-order chi connectivity index (χ1) is 13.8. The second-order valence-corrected chi connectivity index (χ2v) is 8.61. The van der Waals surface area contributed by atoms with Crippen LogP contribution >= 0.6 is 0 Å². The third kappa shape index (κ3) is 5.00. The minimum absolute atomic E-state index is 0.187. The van der Waals surface area contributed by atoms with E-state index in [0.29, 0.717) is 17.8 Å². The van der Waals surface area contributed by atoms with Gasteiger partial charge in [-0.05, 0) is 73.4 Å². The summed E-state index contributed by atoms with van der Waals surface area (Å²) in [7, 11) is -3.76. The van der Waals surface area contributed by atoms with E-state index in [1.165, 1.54) is 0 Å². The second kappa shape index (κ2) is 8.45. The Bertz CT molecular complexity index is 1140. The SMILES string of the molecule is Cc1ccc(S(=O)(=O)Nc2cc(C(=O)NCc3cccnc3)ccc2C)cc1C. The van der Waals surface area contributed by atoms with Gasteiger partial charge in [0.25, 0.3) is 15.9 Å². The second-order valence-electron chi connectivity index (χ2n) is 6.93. The number of benzene rings is 2. The van der Waals surface area contributed by atoms with E-state index >= 15 is 0 Å². The zero-order chi connectivity index (χ0) is 21.0. The fourth-order valence-corrected chi connectivity index (χ4v) is 3.95. The van der Waals surface area contributed by atoms with Crippen molar-refractivity contribution in [2.24, 2.45) is 0 Å². The summed E-state index contributed by atoms with van der Waals surface area (Å²) in [5, 5.41) is 2.81. The predicted molar refractivity (Wildman–Crippen MR) is 113 cm³/mol. The van der Waals surface area contributed by atoms with Crippen molar-refractivity contribution in [1.29, 1.82) is 0 Å². The number of hydrogen-bond acceptors (Lipinski definition) is 4. The molecule has 0 bridgehead atoms. The van der Waals surface area contributed by atoms with E-state index < -0.39 is 10.0 Å². The number of nitrogens with one attached hydrogen (secondary N) is 2. The number of pyridine rings is 1. The highest BCUT2D eigenvalue weighted by atomic mass is 32.2. The number of carbonyl (C=O) groups excluding carboxylic acids is 1. The van der Waals surface area contributed by atoms with E-state index in [1.54, 1.807) is 61.8 Å². The lowest BCUT2D eigenvalue weighted by atomic mass is 10.1. The van der Waals surface area contributed by atoms with Crippen LogP contribution in [0.15, 0.2) is 65.8 Å². The Balaban J connectivity index is 1.79. The van der Waals surface area contributed by atoms with Crippen molar-refractivity contribution < 1.29 is 13.2 Å². The number of aryl methyl sites for hydroxylation is 3. The van der Waals surface area contributed by atoms with Crippen LogP contribution in [0.2, 0.25) is 0 Å². The largest absolute Gasteiger partial charge is 0.348 e. The summed E-state index contributed by atoms with van der Waals surface area (Å²) in [6.07, 6.45) is 3.35. The van der Waals surface area contributed by atoms with Crippen LogP contribution in [0.1, 0.15) is 32.6 Å². The number of amides is 1. The van der Waals surface area contributed by atoms with Gasteiger partial charge in [-0.25, -0.2) is 8.42 Å². The summed E-state index contributed by atoms with van der Waals surface area (Å²) in [5.41, 5.74) is 4.26. The van der Waals surface area contributed by atoms with Crippen LogP contribution in [0, 0.1) is 20.8 Å². The molecule has 0 aliphatic heterocycles. The molecular formula is C22H23N3O3S. The fourth-order valence-electron chi connectivity index (χ4n) is 2.75. The number of hydrogen-bond donors (Lipinski definition) is 2. The molecule has 3 aromatic rings. The summed E-state index contributed by atoms with van der Waals surface area (Å²) in [5.74, 6) is -0.291. The van der Waals surface area contributed by atoms with Crippen LogP contribution in [-0.4, -0.2) is 19.3 Å². The van der Waals surface area contributed by atoms with Crippen molar-refractivity contribution in [2.75, 3.05) is 4.72 Å². The van der Waals surface area contributed by atoms with E-state index in [9.17, 15) is 13.2 Å². The van der Waals surface area contributed by atoms with Gasteiger partial charge in [0.1, 0.15) is 0 Å². The Morgan fingerprint density at radius 2 is 1.72 bits per heavy atom. The Labute approximate surface area is 171 Å². The molecule has 1 aromatic heterocycles. The highest BCUT2D eigenvalue weighted by molar-refractivity contribution is 7.92. The molecule has 7 heteroatoms. The molecule has 0 spiro atoms. The maximum absolute atomic E-state index is 12.8. The van der Waals surface area contributed by atoms with Gasteiger partial charge in [0.15, 0.2) is 0 Å². The number of sulfonamides is 1. The molecule has 3 rings (SSSR count). The fraction of sp³-hybridized carbons (Fsp3) is 0.182. The smallest absolute Gasteiger partial charge is 0.261 e. The molecule has 2 N–H and O–H groups in total. The van der Waals surface area contributed by atoms with Crippen LogP contribution in [-0.2, 0) is 16.6 Å². The third-order valence-corrected chi connectivity index (χ3v) is 6.07. The first kappa shape index (κ1) is 20.5. The molecule has 0 aliphatic rings. The van der Waals surface area contributed by atoms with Gasteiger partial charge in [-0.1, -0.05) is 18.2 Å². The molecule has 1 amide bonds. The zero-order valence-electron chi connectivity index (χ0n) is 16.6. The summed E-state index contributed by atoms with van der Waals surface area (Å²) in [4.78, 5) is 16.7. The normalized spacial score (nSPS) is 11.1. The maximum Gasteiger partial charge on any atom is 0.261 e. The summed E-state index contributed by atoms with van der Waals surface area (Å²) >= 11 is 0. The molecule has 150 valence electrons. The van der Waals surface area contributed by atoms with Crippen LogP contribution in [0.3, 0.4) is 0 Å². The van der Waals surface area contributed by atoms with E-state index in [0.717, 1.165) is 22.3 Å². The number of anilines is 1. The first-order valence-corrected chi connectivity index (χ1v) is 10.6. The van der Waals surface area contributed by atoms with Crippen LogP contribution < -0.4 is 10.0 Å². The zero-order valence-corrected chi connectivity index (χ0v) is 17.4. The van der Waals surface area contributed by atoms with Crippen molar-refractivity contribution in [3.05, 3.63) is 88.7 Å². The molecular weight excluding hydrogens is 386 g/mol. The lowest BCUT2D eigenvalue weighted by Crippen LogP contribution is -2.23. The molecule has 6 nitrogen and oxygen atoms in total. The van der Waals surface area contributed by atoms with E-state index in [4.69, 9.17) is 0 Å². The van der Waals surface area contributed by atoms with Gasteiger partial charge in [0.2, 0.25) is 0 Å². The van der Waals surface area contributed by atoms with Gasteiger partial charge in [0, 0.05) is 24.5 Å². The van der Waals surface area contributed by atoms with E-state index in [-0.39, 0.29) is 10.8 Å². The molecule has 0 unspecified atom stereocenters. The summed E-state index contributed by atoms with van der Waals surface area (Å²) < 4.78 is 28.2. The molecule has 2 aromatic carbocycles. The highest BCUT2D eigenvalue weighted by Gasteiger charge is 2.17. The first-order valence-electron chi connectivity index (χ1n) is 9.14. The topological polar surface area (TPSA) is 88.2 Å². The lowest BCUT2D eigenvalue weighted by molar-refractivity contribution is 0.0951. The maximum atomic E-state index is 12.8. The van der Waals surface area contributed by atoms with Gasteiger partial charge in [-0.15, -0.1) is 0 Å². The number of nitrogens with zero attached hydrogens (tertiary/aromatic N) is 1. The van der Waals surface area contributed by atoms with Crippen LogP contribution in [0.25, 0.3) is 0 Å². The number of rotatable bonds is 6. The molecule has 0 saturated heterocycles. The Kier molecular flexibility index (Phi) is 5.98. The van der Waals surface area contributed by atoms with Gasteiger partial charge in [-0.3, -0.25) is 14.5 Å². The van der Waals surface area contributed by atoms with Gasteiger partial charge < -0.3 is 5.32 Å². The van der Waals surface area contributed by atoms with E-state index in [1.807, 2.05) is 19.9 Å². The Morgan fingerprint density at radius 1 is 0.966 bits per heavy atom. The van der Waals surface area contributed by atoms with E-state index in [2.05, 4.69) is 15.0 Å². The molecule has 0 fully saturated rings. The minimum atomic E-state index is -3.76. The highest BCUT2D eigenvalue weighted by Crippen LogP contribution is 2.22. The van der Waals surface area contributed by atoms with Crippen molar-refractivity contribution in [1.82, 2.24) is 10.3 Å². The van der Waals surface area contributed by atoms with Crippen LogP contribution in [0.5, 0.6) is 0 Å². The van der Waals surface area contributed by atoms with Gasteiger partial charge >= 0.3 is 0 Å². The van der Waals surface area contributed by atoms with Gasteiger partial charge in [0.05, 0.1) is 10.6 Å². The lowest BCUT2D eigenvalue weighted by Gasteiger charge is -2.13. The standard InChI is InChI=1S/C22H23N3O3S/c1-15-7-9-20(11-17(15)3)29(27,28)25-21-12-19(8-6-16(21)2)22(26)24-14-18-5-4-10-23-13-18/h4-13,25H,14H2,1-3H3,(H,24,26). The molecule has 0 aliphatic carbocycles. The average molecular weight is 410 g/mol. The van der Waals surface area contributed by atoms with Crippen molar-refractivity contribution in [3.63, 3.8) is 0 Å². The van der Waals surface area contributed by atoms with Crippen molar-refractivity contribution in [2.45, 2.75) is 32.2 Å². The minimum Gasteiger partial charge on any atom is -0.348 e. The Morgan fingerprint density at radius 3 is 2.41 bits per heavy atom. The predicted octanol–water partition coefficient (Wildman–Crippen LogP) is 3.74. The van der Waals surface area contributed by atoms with Crippen molar-refractivity contribution >= 4 is 21.6 Å². The molecule has 29 heavy (non-hydrogen) atoms. The van der Waals surface area contributed by atoms with Crippen molar-refractivity contribution in [3.8, 4) is 0 Å². The van der Waals surface area contributed by atoms with Gasteiger partial charge in [-0.2, -0.15) is 0 Å². The monoisotopic (exact) mass is 409 g/mol. The summed E-state index contributed by atoms with van der Waals surface area (Å²) in [6.45, 7) is 5.92. The molecule has 1 heterocycles. The average Bonchev–Trinajstić information content (AvgIpc) is 2.70. The Hall–Kier alpha value is -3.19. The number of carbonyl (C=O) groups is 1. The number of aromatic nitrogens is 1.